The van der Waals surface area contributed by atoms with Crippen molar-refractivity contribution >= 4 is 11.6 Å². The molecule has 0 fully saturated rings. The molecule has 0 saturated heterocycles. The van der Waals surface area contributed by atoms with Gasteiger partial charge in [0.05, 0.1) is 13.0 Å². The molecule has 144 valence electrons. The molecule has 29 heavy (non-hydrogen) atoms. The zero-order valence-electron chi connectivity index (χ0n) is 16.4. The summed E-state index contributed by atoms with van der Waals surface area (Å²) in [6.45, 7) is 0. The second-order valence-electron chi connectivity index (χ2n) is 7.69. The third-order valence-electron chi connectivity index (χ3n) is 6.14. The molecule has 0 spiro atoms. The number of hydrogen-bond donors (Lipinski definition) is 1. The van der Waals surface area contributed by atoms with Crippen LogP contribution in [0.4, 0.5) is 0 Å². The quantitative estimate of drug-likeness (QED) is 0.689. The van der Waals surface area contributed by atoms with Crippen LogP contribution >= 0.6 is 0 Å². The molecule has 3 heteroatoms. The van der Waals surface area contributed by atoms with Gasteiger partial charge in [-0.25, -0.2) is 0 Å². The summed E-state index contributed by atoms with van der Waals surface area (Å²) in [4.78, 5) is 13.4. The van der Waals surface area contributed by atoms with E-state index in [9.17, 15) is 4.79 Å². The van der Waals surface area contributed by atoms with E-state index in [2.05, 4.69) is 47.8 Å². The molecule has 1 aliphatic carbocycles. The summed E-state index contributed by atoms with van der Waals surface area (Å²) < 4.78 is 5.31. The van der Waals surface area contributed by atoms with Gasteiger partial charge in [0.25, 0.3) is 0 Å². The smallest absolute Gasteiger partial charge is 0.232 e. The Bertz CT molecular complexity index is 1080. The summed E-state index contributed by atoms with van der Waals surface area (Å²) in [6.07, 6.45) is 1.96. The molecule has 2 unspecified atom stereocenters. The number of ether oxygens (including phenoxy) is 1. The van der Waals surface area contributed by atoms with Crippen LogP contribution in [0.1, 0.15) is 40.5 Å². The molecule has 1 heterocycles. The molecule has 2 aliphatic rings. The number of benzene rings is 3. The zero-order chi connectivity index (χ0) is 19.8. The molecule has 3 aromatic carbocycles. The molecule has 0 saturated carbocycles. The van der Waals surface area contributed by atoms with Crippen LogP contribution in [0.5, 0.6) is 5.75 Å². The monoisotopic (exact) mass is 381 g/mol. The van der Waals surface area contributed by atoms with Crippen LogP contribution in [0.25, 0.3) is 5.70 Å². The fourth-order valence-corrected chi connectivity index (χ4v) is 4.77. The second kappa shape index (κ2) is 7.25. The Labute approximate surface area is 171 Å². The van der Waals surface area contributed by atoms with E-state index in [4.69, 9.17) is 4.74 Å². The van der Waals surface area contributed by atoms with E-state index in [1.807, 2.05) is 36.4 Å². The number of hydrogen-bond acceptors (Lipinski definition) is 2. The number of amides is 1. The summed E-state index contributed by atoms with van der Waals surface area (Å²) in [5.74, 6) is 0.626. The lowest BCUT2D eigenvalue weighted by molar-refractivity contribution is -0.122. The van der Waals surface area contributed by atoms with Crippen molar-refractivity contribution in [1.82, 2.24) is 5.32 Å². The molecule has 0 aromatic heterocycles. The number of allylic oxidation sites excluding steroid dienone is 1. The number of methoxy groups -OCH3 is 1. The first-order chi connectivity index (χ1) is 14.3. The molecule has 1 aliphatic heterocycles. The highest BCUT2D eigenvalue weighted by Crippen LogP contribution is 2.48. The van der Waals surface area contributed by atoms with Gasteiger partial charge in [-0.3, -0.25) is 4.79 Å². The molecule has 2 atom stereocenters. The van der Waals surface area contributed by atoms with Gasteiger partial charge < -0.3 is 10.1 Å². The first-order valence-corrected chi connectivity index (χ1v) is 10.1. The van der Waals surface area contributed by atoms with Crippen LogP contribution in [-0.2, 0) is 11.2 Å². The fourth-order valence-electron chi connectivity index (χ4n) is 4.77. The van der Waals surface area contributed by atoms with Gasteiger partial charge in [-0.2, -0.15) is 0 Å². The van der Waals surface area contributed by atoms with Crippen LogP contribution in [0.15, 0.2) is 84.4 Å². The van der Waals surface area contributed by atoms with Crippen LogP contribution in [-0.4, -0.2) is 13.0 Å². The maximum atomic E-state index is 13.4. The van der Waals surface area contributed by atoms with Gasteiger partial charge in [0.2, 0.25) is 5.91 Å². The van der Waals surface area contributed by atoms with E-state index >= 15 is 0 Å². The van der Waals surface area contributed by atoms with Crippen LogP contribution in [0.2, 0.25) is 0 Å². The van der Waals surface area contributed by atoms with Gasteiger partial charge >= 0.3 is 0 Å². The first kappa shape index (κ1) is 17.7. The number of rotatable bonds is 3. The topological polar surface area (TPSA) is 38.3 Å². The van der Waals surface area contributed by atoms with Gasteiger partial charge in [0.15, 0.2) is 0 Å². The molecular weight excluding hydrogens is 358 g/mol. The molecular formula is C26H23NO2. The van der Waals surface area contributed by atoms with Crippen molar-refractivity contribution in [2.24, 2.45) is 0 Å². The fraction of sp³-hybridized carbons (Fsp3) is 0.192. The van der Waals surface area contributed by atoms with E-state index in [0.29, 0.717) is 0 Å². The van der Waals surface area contributed by atoms with E-state index in [-0.39, 0.29) is 17.7 Å². The van der Waals surface area contributed by atoms with E-state index in [1.165, 1.54) is 16.7 Å². The highest BCUT2D eigenvalue weighted by atomic mass is 16.5. The molecule has 0 radical (unpaired) electrons. The minimum Gasteiger partial charge on any atom is -0.497 e. The first-order valence-electron chi connectivity index (χ1n) is 10.1. The molecule has 3 nitrogen and oxygen atoms in total. The summed E-state index contributed by atoms with van der Waals surface area (Å²) in [5, 5.41) is 3.26. The zero-order valence-corrected chi connectivity index (χ0v) is 16.4. The van der Waals surface area contributed by atoms with Crippen molar-refractivity contribution in [1.29, 1.82) is 0 Å². The lowest BCUT2D eigenvalue weighted by Crippen LogP contribution is -2.39. The van der Waals surface area contributed by atoms with Crippen molar-refractivity contribution in [3.05, 3.63) is 107 Å². The molecule has 0 bridgehead atoms. The summed E-state index contributed by atoms with van der Waals surface area (Å²) >= 11 is 0. The number of aryl methyl sites for hydroxylation is 1. The minimum atomic E-state index is -0.257. The summed E-state index contributed by atoms with van der Waals surface area (Å²) in [6, 6.07) is 26.7. The largest absolute Gasteiger partial charge is 0.497 e. The van der Waals surface area contributed by atoms with Gasteiger partial charge in [-0.1, -0.05) is 66.7 Å². The Morgan fingerprint density at radius 2 is 1.48 bits per heavy atom. The minimum absolute atomic E-state index is 0.0294. The number of fused-ring (bicyclic) bond motifs is 2. The predicted molar refractivity (Wildman–Crippen MR) is 115 cm³/mol. The Kier molecular flexibility index (Phi) is 4.44. The highest BCUT2D eigenvalue weighted by molar-refractivity contribution is 5.97. The Hall–Kier alpha value is -3.33. The van der Waals surface area contributed by atoms with E-state index in [0.717, 1.165) is 35.4 Å². The van der Waals surface area contributed by atoms with Crippen molar-refractivity contribution in [2.45, 2.75) is 24.7 Å². The van der Waals surface area contributed by atoms with Gasteiger partial charge in [0, 0.05) is 17.2 Å². The number of carbonyl (C=O) groups excluding carboxylic acids is 1. The van der Waals surface area contributed by atoms with Crippen molar-refractivity contribution < 1.29 is 9.53 Å². The molecule has 5 rings (SSSR count). The Balaban J connectivity index is 1.68. The molecule has 1 amide bonds. The highest BCUT2D eigenvalue weighted by Gasteiger charge is 2.41. The standard InChI is InChI=1S/C26H23NO2/c1-29-20-14-11-19(12-15-20)24-23(18-8-3-2-4-9-18)22-16-13-17-7-5-6-10-21(17)25(22)27-26(24)28/h2-12,14-15,23-24H,13,16H2,1H3,(H,27,28). The van der Waals surface area contributed by atoms with Gasteiger partial charge in [0.1, 0.15) is 5.75 Å². The van der Waals surface area contributed by atoms with Gasteiger partial charge in [-0.15, -0.1) is 0 Å². The molecule has 3 aromatic rings. The van der Waals surface area contributed by atoms with Crippen molar-refractivity contribution in [3.8, 4) is 5.75 Å². The normalized spacial score (nSPS) is 20.5. The maximum absolute atomic E-state index is 13.4. The van der Waals surface area contributed by atoms with Gasteiger partial charge in [-0.05, 0) is 47.2 Å². The van der Waals surface area contributed by atoms with Crippen LogP contribution in [0, 0.1) is 0 Å². The maximum Gasteiger partial charge on any atom is 0.232 e. The third-order valence-corrected chi connectivity index (χ3v) is 6.14. The lowest BCUT2D eigenvalue weighted by atomic mass is 9.69. The third kappa shape index (κ3) is 3.03. The average molecular weight is 381 g/mol. The van der Waals surface area contributed by atoms with Crippen LogP contribution in [0.3, 0.4) is 0 Å². The Morgan fingerprint density at radius 1 is 0.793 bits per heavy atom. The van der Waals surface area contributed by atoms with Crippen LogP contribution < -0.4 is 10.1 Å². The average Bonchev–Trinajstić information content (AvgIpc) is 2.79. The summed E-state index contributed by atoms with van der Waals surface area (Å²) in [5.41, 5.74) is 7.01. The number of nitrogens with one attached hydrogen (secondary N) is 1. The van der Waals surface area contributed by atoms with E-state index < -0.39 is 0 Å². The molecule has 1 N–H and O–H groups in total. The van der Waals surface area contributed by atoms with Crippen molar-refractivity contribution in [3.63, 3.8) is 0 Å². The van der Waals surface area contributed by atoms with Crippen molar-refractivity contribution in [2.75, 3.05) is 7.11 Å². The lowest BCUT2D eigenvalue weighted by Gasteiger charge is -2.38. The number of carbonyl (C=O) groups is 1. The van der Waals surface area contributed by atoms with E-state index in [1.54, 1.807) is 7.11 Å². The SMILES string of the molecule is COc1ccc(C2C(=O)NC3=C(CCc4ccccc43)C2c2ccccc2)cc1. The predicted octanol–water partition coefficient (Wildman–Crippen LogP) is 5.05. The summed E-state index contributed by atoms with van der Waals surface area (Å²) in [7, 11) is 1.66. The Morgan fingerprint density at radius 3 is 2.24 bits per heavy atom. The second-order valence-corrected chi connectivity index (χ2v) is 7.69.